The summed E-state index contributed by atoms with van der Waals surface area (Å²) in [7, 11) is 0. The van der Waals surface area contributed by atoms with E-state index in [1.165, 1.54) is 11.0 Å². The van der Waals surface area contributed by atoms with Crippen molar-refractivity contribution >= 4 is 35.2 Å². The van der Waals surface area contributed by atoms with E-state index < -0.39 is 18.3 Å². The number of aliphatic carboxylic acids is 1. The number of fused-ring (bicyclic) bond motifs is 1. The van der Waals surface area contributed by atoms with Crippen LogP contribution in [0.5, 0.6) is 5.75 Å². The number of pyridine rings is 1. The number of benzene rings is 1. The van der Waals surface area contributed by atoms with Crippen molar-refractivity contribution in [1.82, 2.24) is 4.98 Å². The summed E-state index contributed by atoms with van der Waals surface area (Å²) in [5, 5.41) is 13.8. The highest BCUT2D eigenvalue weighted by molar-refractivity contribution is 6.03. The standard InChI is InChI=1S/C17H16N4O5/c22-14(10-15(23)24)19-13-7-6-12-16(20-13)21(8-9-26-12)17(25)18-11-4-2-1-3-5-11/h1-7H,8-10H2,(H,18,25)(H,23,24)(H,19,20,22). The molecule has 3 rings (SSSR count). The second kappa shape index (κ2) is 7.51. The van der Waals surface area contributed by atoms with Gasteiger partial charge in [-0.15, -0.1) is 0 Å². The van der Waals surface area contributed by atoms with Crippen LogP contribution in [0.4, 0.5) is 22.1 Å². The Morgan fingerprint density at radius 2 is 1.88 bits per heavy atom. The first-order valence-electron chi connectivity index (χ1n) is 7.82. The largest absolute Gasteiger partial charge is 0.488 e. The van der Waals surface area contributed by atoms with Crippen LogP contribution in [-0.2, 0) is 9.59 Å². The number of anilines is 3. The number of ether oxygens (including phenoxy) is 1. The number of carbonyl (C=O) groups excluding carboxylic acids is 2. The third-order valence-electron chi connectivity index (χ3n) is 3.52. The van der Waals surface area contributed by atoms with Gasteiger partial charge in [-0.25, -0.2) is 9.78 Å². The normalized spacial score (nSPS) is 12.5. The number of urea groups is 1. The van der Waals surface area contributed by atoms with E-state index in [9.17, 15) is 14.4 Å². The molecule has 1 aliphatic rings. The summed E-state index contributed by atoms with van der Waals surface area (Å²) in [6, 6.07) is 11.6. The van der Waals surface area contributed by atoms with Crippen molar-refractivity contribution in [2.24, 2.45) is 0 Å². The van der Waals surface area contributed by atoms with E-state index in [-0.39, 0.29) is 24.2 Å². The summed E-state index contributed by atoms with van der Waals surface area (Å²) in [6.45, 7) is 0.590. The van der Waals surface area contributed by atoms with Crippen molar-refractivity contribution in [2.45, 2.75) is 6.42 Å². The molecule has 26 heavy (non-hydrogen) atoms. The van der Waals surface area contributed by atoms with Crippen molar-refractivity contribution in [2.75, 3.05) is 28.7 Å². The van der Waals surface area contributed by atoms with E-state index in [0.717, 1.165) is 0 Å². The van der Waals surface area contributed by atoms with Gasteiger partial charge < -0.3 is 20.5 Å². The van der Waals surface area contributed by atoms with Crippen LogP contribution in [0.3, 0.4) is 0 Å². The van der Waals surface area contributed by atoms with Crippen molar-refractivity contribution in [3.8, 4) is 5.75 Å². The summed E-state index contributed by atoms with van der Waals surface area (Å²) >= 11 is 0. The van der Waals surface area contributed by atoms with Crippen LogP contribution in [0.15, 0.2) is 42.5 Å². The second-order valence-electron chi connectivity index (χ2n) is 5.43. The highest BCUT2D eigenvalue weighted by atomic mass is 16.5. The molecule has 9 heteroatoms. The molecule has 3 N–H and O–H groups in total. The summed E-state index contributed by atoms with van der Waals surface area (Å²) in [4.78, 5) is 40.4. The van der Waals surface area contributed by atoms with E-state index in [0.29, 0.717) is 18.0 Å². The Balaban J connectivity index is 1.79. The van der Waals surface area contributed by atoms with Crippen molar-refractivity contribution < 1.29 is 24.2 Å². The van der Waals surface area contributed by atoms with Gasteiger partial charge >= 0.3 is 12.0 Å². The number of hydrogen-bond acceptors (Lipinski definition) is 5. The molecule has 0 saturated heterocycles. The molecule has 0 saturated carbocycles. The molecule has 1 aliphatic heterocycles. The molecule has 134 valence electrons. The fourth-order valence-corrected chi connectivity index (χ4v) is 2.40. The third-order valence-corrected chi connectivity index (χ3v) is 3.52. The van der Waals surface area contributed by atoms with Crippen LogP contribution in [-0.4, -0.2) is 41.1 Å². The minimum atomic E-state index is -1.24. The third kappa shape index (κ3) is 4.07. The minimum Gasteiger partial charge on any atom is -0.488 e. The van der Waals surface area contributed by atoms with Crippen LogP contribution in [0.25, 0.3) is 0 Å². The average Bonchev–Trinajstić information content (AvgIpc) is 2.61. The first-order valence-corrected chi connectivity index (χ1v) is 7.82. The van der Waals surface area contributed by atoms with Gasteiger partial charge in [0.05, 0.1) is 6.54 Å². The first kappa shape index (κ1) is 17.2. The topological polar surface area (TPSA) is 121 Å². The Labute approximate surface area is 148 Å². The van der Waals surface area contributed by atoms with Gasteiger partial charge in [0.25, 0.3) is 0 Å². The lowest BCUT2D eigenvalue weighted by Crippen LogP contribution is -2.41. The molecule has 1 aromatic carbocycles. The van der Waals surface area contributed by atoms with E-state index in [1.54, 1.807) is 30.3 Å². The van der Waals surface area contributed by atoms with Gasteiger partial charge in [-0.2, -0.15) is 0 Å². The molecule has 2 heterocycles. The van der Waals surface area contributed by atoms with Crippen LogP contribution >= 0.6 is 0 Å². The number of nitrogens with zero attached hydrogens (tertiary/aromatic N) is 2. The summed E-state index contributed by atoms with van der Waals surface area (Å²) in [5.74, 6) is -1.17. The van der Waals surface area contributed by atoms with Gasteiger partial charge in [0.15, 0.2) is 11.6 Å². The van der Waals surface area contributed by atoms with Gasteiger partial charge in [0.1, 0.15) is 18.8 Å². The predicted molar refractivity (Wildman–Crippen MR) is 93.4 cm³/mol. The van der Waals surface area contributed by atoms with Gasteiger partial charge in [0, 0.05) is 5.69 Å². The zero-order chi connectivity index (χ0) is 18.5. The van der Waals surface area contributed by atoms with Crippen LogP contribution in [0.2, 0.25) is 0 Å². The molecule has 0 fully saturated rings. The summed E-state index contributed by atoms with van der Waals surface area (Å²) in [6.07, 6.45) is -0.673. The first-order chi connectivity index (χ1) is 12.5. The van der Waals surface area contributed by atoms with E-state index in [1.807, 2.05) is 6.07 Å². The molecule has 0 bridgehead atoms. The number of carboxylic acid groups (broad SMARTS) is 1. The number of hydrogen-bond donors (Lipinski definition) is 3. The maximum atomic E-state index is 12.6. The Bertz CT molecular complexity index is 840. The molecule has 0 unspecified atom stereocenters. The van der Waals surface area contributed by atoms with Crippen molar-refractivity contribution in [3.05, 3.63) is 42.5 Å². The van der Waals surface area contributed by atoms with Crippen molar-refractivity contribution in [3.63, 3.8) is 0 Å². The quantitative estimate of drug-likeness (QED) is 0.720. The number of amides is 3. The zero-order valence-electron chi connectivity index (χ0n) is 13.6. The molecule has 3 amide bonds. The van der Waals surface area contributed by atoms with E-state index in [2.05, 4.69) is 15.6 Å². The highest BCUT2D eigenvalue weighted by Crippen LogP contribution is 2.31. The van der Waals surface area contributed by atoms with Crippen LogP contribution < -0.4 is 20.3 Å². The van der Waals surface area contributed by atoms with E-state index in [4.69, 9.17) is 9.84 Å². The molecule has 0 atom stereocenters. The molecular formula is C17H16N4O5. The zero-order valence-corrected chi connectivity index (χ0v) is 13.6. The van der Waals surface area contributed by atoms with Gasteiger partial charge in [-0.05, 0) is 24.3 Å². The van der Waals surface area contributed by atoms with Gasteiger partial charge in [-0.1, -0.05) is 18.2 Å². The minimum absolute atomic E-state index is 0.137. The second-order valence-corrected chi connectivity index (χ2v) is 5.43. The fourth-order valence-electron chi connectivity index (χ4n) is 2.40. The Morgan fingerprint density at radius 3 is 2.62 bits per heavy atom. The molecule has 1 aromatic heterocycles. The average molecular weight is 356 g/mol. The maximum absolute atomic E-state index is 12.6. The number of para-hydroxylation sites is 1. The molecular weight excluding hydrogens is 340 g/mol. The SMILES string of the molecule is O=C(O)CC(=O)Nc1ccc2c(n1)N(C(=O)Nc1ccccc1)CCO2. The number of nitrogens with one attached hydrogen (secondary N) is 2. The fraction of sp³-hybridized carbons (Fsp3) is 0.176. The summed E-state index contributed by atoms with van der Waals surface area (Å²) in [5.41, 5.74) is 0.636. The lowest BCUT2D eigenvalue weighted by atomic mass is 10.3. The Kier molecular flexibility index (Phi) is 4.97. The maximum Gasteiger partial charge on any atom is 0.327 e. The Hall–Kier alpha value is -3.62. The number of carboxylic acids is 1. The molecule has 2 aromatic rings. The molecule has 0 radical (unpaired) electrons. The monoisotopic (exact) mass is 356 g/mol. The lowest BCUT2D eigenvalue weighted by molar-refractivity contribution is -0.139. The highest BCUT2D eigenvalue weighted by Gasteiger charge is 2.26. The molecule has 0 spiro atoms. The lowest BCUT2D eigenvalue weighted by Gasteiger charge is -2.28. The van der Waals surface area contributed by atoms with Crippen molar-refractivity contribution in [1.29, 1.82) is 0 Å². The number of aromatic nitrogens is 1. The number of rotatable bonds is 4. The van der Waals surface area contributed by atoms with Gasteiger partial charge in [0.2, 0.25) is 5.91 Å². The van der Waals surface area contributed by atoms with Crippen LogP contribution in [0.1, 0.15) is 6.42 Å². The number of carbonyl (C=O) groups is 3. The molecule has 9 nitrogen and oxygen atoms in total. The smallest absolute Gasteiger partial charge is 0.327 e. The Morgan fingerprint density at radius 1 is 1.12 bits per heavy atom. The van der Waals surface area contributed by atoms with E-state index >= 15 is 0 Å². The van der Waals surface area contributed by atoms with Crippen LogP contribution in [0, 0.1) is 0 Å². The van der Waals surface area contributed by atoms with Gasteiger partial charge in [-0.3, -0.25) is 14.5 Å². The predicted octanol–water partition coefficient (Wildman–Crippen LogP) is 1.93. The molecule has 0 aliphatic carbocycles. The summed E-state index contributed by atoms with van der Waals surface area (Å²) < 4.78 is 5.49.